The zero-order valence-electron chi connectivity index (χ0n) is 16.0. The van der Waals surface area contributed by atoms with Crippen LogP contribution in [0, 0.1) is 0 Å². The molecular weight excluding hydrogens is 346 g/mol. The van der Waals surface area contributed by atoms with Gasteiger partial charge in [-0.25, -0.2) is 0 Å². The number of hydrogen-bond acceptors (Lipinski definition) is 3. The number of aromatic nitrogens is 1. The summed E-state index contributed by atoms with van der Waals surface area (Å²) in [6.07, 6.45) is 4.86. The molecule has 2 saturated heterocycles. The van der Waals surface area contributed by atoms with E-state index in [-0.39, 0.29) is 17.4 Å². The Bertz CT molecular complexity index is 988. The zero-order chi connectivity index (χ0) is 19.0. The van der Waals surface area contributed by atoms with Crippen molar-refractivity contribution in [1.82, 2.24) is 15.2 Å². The predicted octanol–water partition coefficient (Wildman–Crippen LogP) is 3.87. The fourth-order valence-electron chi connectivity index (χ4n) is 4.84. The van der Waals surface area contributed by atoms with Gasteiger partial charge in [0.25, 0.3) is 0 Å². The first-order chi connectivity index (χ1) is 13.7. The summed E-state index contributed by atoms with van der Waals surface area (Å²) >= 11 is 0. The van der Waals surface area contributed by atoms with E-state index in [0.29, 0.717) is 0 Å². The van der Waals surface area contributed by atoms with Crippen LogP contribution in [0.5, 0.6) is 0 Å². The number of fused-ring (bicyclic) bond motifs is 1. The fraction of sp³-hybridized carbons (Fsp3) is 0.333. The molecule has 3 aromatic rings. The van der Waals surface area contributed by atoms with Crippen molar-refractivity contribution in [1.29, 1.82) is 0 Å². The molecule has 1 N–H and O–H groups in total. The molecule has 2 aliphatic heterocycles. The van der Waals surface area contributed by atoms with Crippen molar-refractivity contribution >= 4 is 16.8 Å². The number of hydrogen-bond donors (Lipinski definition) is 1. The second kappa shape index (κ2) is 7.02. The fourth-order valence-corrected chi connectivity index (χ4v) is 4.84. The van der Waals surface area contributed by atoms with Gasteiger partial charge < -0.3 is 5.32 Å². The van der Waals surface area contributed by atoms with Crippen LogP contribution in [-0.2, 0) is 11.3 Å². The van der Waals surface area contributed by atoms with Crippen LogP contribution < -0.4 is 5.32 Å². The van der Waals surface area contributed by atoms with Gasteiger partial charge in [0.1, 0.15) is 0 Å². The van der Waals surface area contributed by atoms with Gasteiger partial charge in [0.05, 0.1) is 11.4 Å². The summed E-state index contributed by atoms with van der Waals surface area (Å²) in [5.74, 6) is 0.191. The lowest BCUT2D eigenvalue weighted by atomic mass is 9.82. The summed E-state index contributed by atoms with van der Waals surface area (Å²) in [6, 6.07) is 20.7. The maximum Gasteiger partial charge on any atom is 0.228 e. The van der Waals surface area contributed by atoms with Crippen LogP contribution in [0.2, 0.25) is 0 Å². The Kier molecular flexibility index (Phi) is 4.36. The summed E-state index contributed by atoms with van der Waals surface area (Å²) < 4.78 is 0. The molecule has 4 heteroatoms. The SMILES string of the molecule is O=C1NC2(CCN(Cc3ccnc4ccccc34)CC2)CC1c1ccccc1. The highest BCUT2D eigenvalue weighted by Crippen LogP contribution is 2.39. The number of likely N-dealkylation sites (tertiary alicyclic amines) is 1. The zero-order valence-corrected chi connectivity index (χ0v) is 16.0. The quantitative estimate of drug-likeness (QED) is 0.760. The van der Waals surface area contributed by atoms with Gasteiger partial charge in [-0.1, -0.05) is 48.5 Å². The van der Waals surface area contributed by atoms with Crippen molar-refractivity contribution in [2.24, 2.45) is 0 Å². The molecule has 0 saturated carbocycles. The molecular formula is C24H25N3O. The number of carbonyl (C=O) groups excluding carboxylic acids is 1. The summed E-state index contributed by atoms with van der Waals surface area (Å²) in [5, 5.41) is 4.60. The van der Waals surface area contributed by atoms with Crippen LogP contribution >= 0.6 is 0 Å². The normalized spacial score (nSPS) is 21.9. The van der Waals surface area contributed by atoms with E-state index in [0.717, 1.165) is 50.0 Å². The molecule has 0 radical (unpaired) electrons. The monoisotopic (exact) mass is 371 g/mol. The van der Waals surface area contributed by atoms with Gasteiger partial charge in [0.2, 0.25) is 5.91 Å². The van der Waals surface area contributed by atoms with Gasteiger partial charge >= 0.3 is 0 Å². The van der Waals surface area contributed by atoms with Crippen molar-refractivity contribution in [2.75, 3.05) is 13.1 Å². The minimum atomic E-state index is -0.0333. The van der Waals surface area contributed by atoms with Crippen molar-refractivity contribution in [3.8, 4) is 0 Å². The summed E-state index contributed by atoms with van der Waals surface area (Å²) in [5.41, 5.74) is 3.50. The van der Waals surface area contributed by atoms with Crippen LogP contribution in [0.4, 0.5) is 0 Å². The number of pyridine rings is 1. The standard InChI is InChI=1S/C24H25N3O/c28-23-21(18-6-2-1-3-7-18)16-24(26-23)11-14-27(15-12-24)17-19-10-13-25-22-9-5-4-8-20(19)22/h1-10,13,21H,11-12,14-17H2,(H,26,28). The number of nitrogens with one attached hydrogen (secondary N) is 1. The van der Waals surface area contributed by atoms with Crippen LogP contribution in [0.25, 0.3) is 10.9 Å². The van der Waals surface area contributed by atoms with Gasteiger partial charge in [-0.15, -0.1) is 0 Å². The minimum absolute atomic E-state index is 0.00288. The van der Waals surface area contributed by atoms with E-state index in [1.54, 1.807) is 0 Å². The average Bonchev–Trinajstić information content (AvgIpc) is 3.07. The van der Waals surface area contributed by atoms with Crippen molar-refractivity contribution in [2.45, 2.75) is 37.3 Å². The number of piperidine rings is 1. The largest absolute Gasteiger partial charge is 0.350 e. The Morgan fingerprint density at radius 2 is 1.75 bits per heavy atom. The number of benzene rings is 2. The molecule has 1 amide bonds. The van der Waals surface area contributed by atoms with E-state index >= 15 is 0 Å². The Morgan fingerprint density at radius 3 is 2.57 bits per heavy atom. The highest BCUT2D eigenvalue weighted by Gasteiger charge is 2.46. The highest BCUT2D eigenvalue weighted by atomic mass is 16.2. The van der Waals surface area contributed by atoms with Crippen molar-refractivity contribution in [3.05, 3.63) is 78.0 Å². The minimum Gasteiger partial charge on any atom is -0.350 e. The first-order valence-electron chi connectivity index (χ1n) is 10.1. The Morgan fingerprint density at radius 1 is 1.00 bits per heavy atom. The molecule has 0 aliphatic carbocycles. The van der Waals surface area contributed by atoms with Gasteiger partial charge in [-0.05, 0) is 42.5 Å². The third-order valence-corrected chi connectivity index (χ3v) is 6.45. The lowest BCUT2D eigenvalue weighted by Crippen LogP contribution is -2.50. The maximum atomic E-state index is 12.6. The van der Waals surface area contributed by atoms with Crippen molar-refractivity contribution in [3.63, 3.8) is 0 Å². The van der Waals surface area contributed by atoms with Crippen LogP contribution in [0.1, 0.15) is 36.3 Å². The van der Waals surface area contributed by atoms with E-state index in [1.807, 2.05) is 30.5 Å². The molecule has 142 valence electrons. The maximum absolute atomic E-state index is 12.6. The summed E-state index contributed by atoms with van der Waals surface area (Å²) in [4.78, 5) is 19.6. The van der Waals surface area contributed by atoms with Gasteiger partial charge in [0.15, 0.2) is 0 Å². The molecule has 2 aliphatic rings. The number of nitrogens with zero attached hydrogens (tertiary/aromatic N) is 2. The molecule has 1 spiro atoms. The summed E-state index contributed by atoms with van der Waals surface area (Å²) in [7, 11) is 0. The van der Waals surface area contributed by atoms with E-state index in [2.05, 4.69) is 51.6 Å². The van der Waals surface area contributed by atoms with Crippen LogP contribution in [0.15, 0.2) is 66.9 Å². The first kappa shape index (κ1) is 17.4. The number of amides is 1. The number of carbonyl (C=O) groups is 1. The molecule has 4 nitrogen and oxygen atoms in total. The van der Waals surface area contributed by atoms with E-state index < -0.39 is 0 Å². The Hall–Kier alpha value is -2.72. The van der Waals surface area contributed by atoms with Gasteiger partial charge in [0, 0.05) is 36.8 Å². The first-order valence-corrected chi connectivity index (χ1v) is 10.1. The molecule has 3 heterocycles. The predicted molar refractivity (Wildman–Crippen MR) is 111 cm³/mol. The average molecular weight is 371 g/mol. The molecule has 28 heavy (non-hydrogen) atoms. The van der Waals surface area contributed by atoms with E-state index in [9.17, 15) is 4.79 Å². The second-order valence-corrected chi connectivity index (χ2v) is 8.20. The highest BCUT2D eigenvalue weighted by molar-refractivity contribution is 5.87. The van der Waals surface area contributed by atoms with Crippen LogP contribution in [0.3, 0.4) is 0 Å². The molecule has 2 fully saturated rings. The van der Waals surface area contributed by atoms with Crippen molar-refractivity contribution < 1.29 is 4.79 Å². The molecule has 1 unspecified atom stereocenters. The number of para-hydroxylation sites is 1. The summed E-state index contributed by atoms with van der Waals surface area (Å²) in [6.45, 7) is 2.96. The second-order valence-electron chi connectivity index (χ2n) is 8.20. The molecule has 1 aromatic heterocycles. The van der Waals surface area contributed by atoms with E-state index in [4.69, 9.17) is 0 Å². The Labute approximate surface area is 165 Å². The van der Waals surface area contributed by atoms with Gasteiger partial charge in [-0.2, -0.15) is 0 Å². The molecule has 0 bridgehead atoms. The lowest BCUT2D eigenvalue weighted by molar-refractivity contribution is -0.121. The molecule has 2 aromatic carbocycles. The van der Waals surface area contributed by atoms with Gasteiger partial charge in [-0.3, -0.25) is 14.7 Å². The third-order valence-electron chi connectivity index (χ3n) is 6.45. The number of rotatable bonds is 3. The smallest absolute Gasteiger partial charge is 0.228 e. The lowest BCUT2D eigenvalue weighted by Gasteiger charge is -2.39. The third kappa shape index (κ3) is 3.18. The Balaban J connectivity index is 1.27. The van der Waals surface area contributed by atoms with Crippen LogP contribution in [-0.4, -0.2) is 34.4 Å². The molecule has 1 atom stereocenters. The molecule has 5 rings (SSSR count). The van der Waals surface area contributed by atoms with E-state index in [1.165, 1.54) is 10.9 Å². The topological polar surface area (TPSA) is 45.2 Å².